The van der Waals surface area contributed by atoms with Gasteiger partial charge in [0.25, 0.3) is 5.91 Å². The molecule has 0 fully saturated rings. The number of amides is 1. The van der Waals surface area contributed by atoms with Crippen molar-refractivity contribution >= 4 is 21.6 Å². The van der Waals surface area contributed by atoms with E-state index in [2.05, 4.69) is 10.0 Å². The molecule has 0 saturated heterocycles. The van der Waals surface area contributed by atoms with Crippen molar-refractivity contribution < 1.29 is 17.9 Å². The summed E-state index contributed by atoms with van der Waals surface area (Å²) in [5.41, 5.74) is 1.12. The summed E-state index contributed by atoms with van der Waals surface area (Å²) >= 11 is 0. The molecule has 0 heterocycles. The minimum atomic E-state index is -3.28. The molecule has 0 atom stereocenters. The molecule has 1 amide bonds. The molecule has 128 valence electrons. The molecule has 6 nitrogen and oxygen atoms in total. The van der Waals surface area contributed by atoms with Crippen LogP contribution in [0.1, 0.15) is 16.8 Å². The van der Waals surface area contributed by atoms with Gasteiger partial charge in [-0.2, -0.15) is 0 Å². The van der Waals surface area contributed by atoms with Crippen LogP contribution in [0.4, 0.5) is 5.69 Å². The number of carbonyl (C=O) groups is 1. The van der Waals surface area contributed by atoms with E-state index in [-0.39, 0.29) is 5.91 Å². The van der Waals surface area contributed by atoms with E-state index in [1.165, 1.54) is 0 Å². The second kappa shape index (κ2) is 8.35. The van der Waals surface area contributed by atoms with Crippen molar-refractivity contribution in [2.45, 2.75) is 6.42 Å². The number of anilines is 1. The maximum atomic E-state index is 11.8. The summed E-state index contributed by atoms with van der Waals surface area (Å²) in [6.07, 6.45) is 1.77. The van der Waals surface area contributed by atoms with Gasteiger partial charge in [-0.3, -0.25) is 9.52 Å². The fourth-order valence-corrected chi connectivity index (χ4v) is 2.55. The van der Waals surface area contributed by atoms with Crippen LogP contribution in [0.15, 0.2) is 54.6 Å². The second-order valence-corrected chi connectivity index (χ2v) is 6.97. The van der Waals surface area contributed by atoms with Crippen LogP contribution in [-0.2, 0) is 10.0 Å². The third-order valence-corrected chi connectivity index (χ3v) is 3.68. The fraction of sp³-hybridized carbons (Fsp3) is 0.235. The van der Waals surface area contributed by atoms with Crippen molar-refractivity contribution in [3.8, 4) is 5.75 Å². The quantitative estimate of drug-likeness (QED) is 0.717. The molecule has 0 aliphatic heterocycles. The number of rotatable bonds is 8. The Morgan fingerprint density at radius 1 is 1.04 bits per heavy atom. The molecular weight excluding hydrogens is 328 g/mol. The van der Waals surface area contributed by atoms with Gasteiger partial charge in [0.2, 0.25) is 10.0 Å². The summed E-state index contributed by atoms with van der Waals surface area (Å²) in [5.74, 6) is 0.537. The van der Waals surface area contributed by atoms with Gasteiger partial charge >= 0.3 is 0 Å². The highest BCUT2D eigenvalue weighted by molar-refractivity contribution is 7.92. The Labute approximate surface area is 141 Å². The lowest BCUT2D eigenvalue weighted by atomic mass is 10.2. The Balaban J connectivity index is 1.68. The van der Waals surface area contributed by atoms with Gasteiger partial charge in [0.05, 0.1) is 12.9 Å². The molecule has 0 unspecified atom stereocenters. The minimum Gasteiger partial charge on any atom is -0.494 e. The lowest BCUT2D eigenvalue weighted by Crippen LogP contribution is -2.25. The molecule has 0 aromatic heterocycles. The van der Waals surface area contributed by atoms with Gasteiger partial charge in [0.1, 0.15) is 5.75 Å². The zero-order chi connectivity index (χ0) is 17.4. The van der Waals surface area contributed by atoms with Crippen molar-refractivity contribution in [2.75, 3.05) is 24.1 Å². The smallest absolute Gasteiger partial charge is 0.251 e. The molecule has 2 N–H and O–H groups in total. The third-order valence-electron chi connectivity index (χ3n) is 3.07. The second-order valence-electron chi connectivity index (χ2n) is 5.22. The molecule has 2 aromatic rings. The zero-order valence-corrected chi connectivity index (χ0v) is 14.2. The van der Waals surface area contributed by atoms with Gasteiger partial charge in [-0.25, -0.2) is 8.42 Å². The monoisotopic (exact) mass is 348 g/mol. The predicted octanol–water partition coefficient (Wildman–Crippen LogP) is 2.26. The van der Waals surface area contributed by atoms with Crippen LogP contribution >= 0.6 is 0 Å². The molecule has 0 bridgehead atoms. The highest BCUT2D eigenvalue weighted by atomic mass is 32.2. The molecule has 0 saturated carbocycles. The summed E-state index contributed by atoms with van der Waals surface area (Å²) in [6, 6.07) is 15.7. The number of benzene rings is 2. The van der Waals surface area contributed by atoms with Crippen LogP contribution in [0.5, 0.6) is 5.75 Å². The van der Waals surface area contributed by atoms with Gasteiger partial charge in [-0.05, 0) is 42.8 Å². The largest absolute Gasteiger partial charge is 0.494 e. The first-order chi connectivity index (χ1) is 11.4. The maximum absolute atomic E-state index is 11.8. The van der Waals surface area contributed by atoms with Crippen molar-refractivity contribution in [3.63, 3.8) is 0 Å². The molecule has 2 aromatic carbocycles. The number of hydrogen-bond donors (Lipinski definition) is 2. The Morgan fingerprint density at radius 2 is 1.71 bits per heavy atom. The molecule has 0 spiro atoms. The molecule has 0 radical (unpaired) electrons. The van der Waals surface area contributed by atoms with Crippen molar-refractivity contribution in [3.05, 3.63) is 60.2 Å². The van der Waals surface area contributed by atoms with Crippen LogP contribution in [0.25, 0.3) is 0 Å². The first kappa shape index (κ1) is 17.8. The van der Waals surface area contributed by atoms with Crippen LogP contribution in [-0.4, -0.2) is 33.7 Å². The van der Waals surface area contributed by atoms with Gasteiger partial charge in [-0.1, -0.05) is 18.2 Å². The van der Waals surface area contributed by atoms with Crippen LogP contribution in [0.3, 0.4) is 0 Å². The highest BCUT2D eigenvalue weighted by Crippen LogP contribution is 2.16. The van der Waals surface area contributed by atoms with E-state index in [4.69, 9.17) is 4.74 Å². The van der Waals surface area contributed by atoms with Crippen molar-refractivity contribution in [1.82, 2.24) is 5.32 Å². The number of hydrogen-bond acceptors (Lipinski definition) is 4. The van der Waals surface area contributed by atoms with E-state index in [1.807, 2.05) is 18.2 Å². The van der Waals surface area contributed by atoms with Crippen LogP contribution in [0, 0.1) is 0 Å². The van der Waals surface area contributed by atoms with E-state index in [9.17, 15) is 13.2 Å². The van der Waals surface area contributed by atoms with Gasteiger partial charge in [-0.15, -0.1) is 0 Å². The first-order valence-electron chi connectivity index (χ1n) is 7.48. The summed E-state index contributed by atoms with van der Waals surface area (Å²) in [5, 5.41) is 2.82. The molecule has 0 aliphatic rings. The molecule has 2 rings (SSSR count). The van der Waals surface area contributed by atoms with E-state index in [0.29, 0.717) is 36.6 Å². The SMILES string of the molecule is CS(=O)(=O)Nc1ccc(OCCCNC(=O)c2ccccc2)cc1. The maximum Gasteiger partial charge on any atom is 0.251 e. The Bertz CT molecular complexity index is 759. The van der Waals surface area contributed by atoms with Crippen LogP contribution in [0.2, 0.25) is 0 Å². The Hall–Kier alpha value is -2.54. The average molecular weight is 348 g/mol. The number of ether oxygens (including phenoxy) is 1. The molecular formula is C17H20N2O4S. The number of carbonyl (C=O) groups excluding carboxylic acids is 1. The molecule has 24 heavy (non-hydrogen) atoms. The highest BCUT2D eigenvalue weighted by Gasteiger charge is 2.04. The summed E-state index contributed by atoms with van der Waals surface area (Å²) in [6.45, 7) is 0.968. The summed E-state index contributed by atoms with van der Waals surface area (Å²) < 4.78 is 30.2. The minimum absolute atomic E-state index is 0.105. The lowest BCUT2D eigenvalue weighted by Gasteiger charge is -2.09. The van der Waals surface area contributed by atoms with E-state index in [1.54, 1.807) is 36.4 Å². The lowest BCUT2D eigenvalue weighted by molar-refractivity contribution is 0.0951. The van der Waals surface area contributed by atoms with E-state index in [0.717, 1.165) is 6.26 Å². The first-order valence-corrected chi connectivity index (χ1v) is 9.37. The summed E-state index contributed by atoms with van der Waals surface area (Å²) in [7, 11) is -3.28. The number of sulfonamides is 1. The van der Waals surface area contributed by atoms with Gasteiger partial charge in [0, 0.05) is 17.8 Å². The van der Waals surface area contributed by atoms with Crippen molar-refractivity contribution in [2.24, 2.45) is 0 Å². The summed E-state index contributed by atoms with van der Waals surface area (Å²) in [4.78, 5) is 11.8. The van der Waals surface area contributed by atoms with Gasteiger partial charge in [0.15, 0.2) is 0 Å². The molecule has 0 aliphatic carbocycles. The van der Waals surface area contributed by atoms with E-state index >= 15 is 0 Å². The Morgan fingerprint density at radius 3 is 2.33 bits per heavy atom. The average Bonchev–Trinajstić information content (AvgIpc) is 2.55. The molecule has 7 heteroatoms. The van der Waals surface area contributed by atoms with Crippen LogP contribution < -0.4 is 14.8 Å². The zero-order valence-electron chi connectivity index (χ0n) is 13.4. The predicted molar refractivity (Wildman–Crippen MR) is 93.8 cm³/mol. The van der Waals surface area contributed by atoms with E-state index < -0.39 is 10.0 Å². The van der Waals surface area contributed by atoms with Gasteiger partial charge < -0.3 is 10.1 Å². The Kier molecular flexibility index (Phi) is 6.20. The standard InChI is InChI=1S/C17H20N2O4S/c1-24(21,22)19-15-8-10-16(11-9-15)23-13-5-12-18-17(20)14-6-3-2-4-7-14/h2-4,6-11,19H,5,12-13H2,1H3,(H,18,20). The topological polar surface area (TPSA) is 84.5 Å². The van der Waals surface area contributed by atoms with Crippen molar-refractivity contribution in [1.29, 1.82) is 0 Å². The third kappa shape index (κ3) is 6.29. The number of nitrogens with one attached hydrogen (secondary N) is 2. The normalized spacial score (nSPS) is 10.9. The fourth-order valence-electron chi connectivity index (χ4n) is 1.99.